The molecule has 1 rings (SSSR count). The molecule has 0 spiro atoms. The molecule has 2 N–H and O–H groups in total. The number of hydrogen-bond donors (Lipinski definition) is 2. The van der Waals surface area contributed by atoms with Crippen molar-refractivity contribution >= 4 is 26.2 Å². The molecule has 0 radical (unpaired) electrons. The molecule has 0 aromatic carbocycles. The minimum Gasteiger partial charge on any atom is -0.349 e. The third kappa shape index (κ3) is 12.0. The summed E-state index contributed by atoms with van der Waals surface area (Å²) in [6, 6.07) is 0. The standard InChI is InChI=1S/C12H25N3O3S.CHF3O3S/c1-14(2)12(15-9-5-3-6-10-15)13-8-4-7-11-19(16,17)18;2-1(3,4)8(5,6)7/h3-11H2,1-2H3,(H,16,17,18);(H,5,6,7). The first-order chi connectivity index (χ1) is 12.1. The molecular formula is C13H26F3N3O6S2. The van der Waals surface area contributed by atoms with Crippen molar-refractivity contribution in [2.45, 2.75) is 37.6 Å². The van der Waals surface area contributed by atoms with E-state index >= 15 is 0 Å². The summed E-state index contributed by atoms with van der Waals surface area (Å²) in [6.07, 6.45) is 4.81. The highest BCUT2D eigenvalue weighted by Crippen LogP contribution is 2.20. The summed E-state index contributed by atoms with van der Waals surface area (Å²) in [7, 11) is -5.72. The molecule has 9 nitrogen and oxygen atoms in total. The maximum absolute atomic E-state index is 10.7. The van der Waals surface area contributed by atoms with Gasteiger partial charge in [0, 0.05) is 33.7 Å². The number of likely N-dealkylation sites (tertiary alicyclic amines) is 1. The molecule has 1 fully saturated rings. The monoisotopic (exact) mass is 441 g/mol. The Morgan fingerprint density at radius 1 is 1.04 bits per heavy atom. The zero-order chi connectivity index (χ0) is 21.3. The Labute approximate surface area is 157 Å². The predicted molar refractivity (Wildman–Crippen MR) is 94.7 cm³/mol. The average molecular weight is 441 g/mol. The lowest BCUT2D eigenvalue weighted by Crippen LogP contribution is -2.43. The van der Waals surface area contributed by atoms with Gasteiger partial charge >= 0.3 is 15.6 Å². The Bertz CT molecular complexity index is 672. The van der Waals surface area contributed by atoms with Gasteiger partial charge in [-0.1, -0.05) is 0 Å². The van der Waals surface area contributed by atoms with E-state index in [2.05, 4.69) is 9.89 Å². The number of unbranched alkanes of at least 4 members (excludes halogenated alkanes) is 1. The van der Waals surface area contributed by atoms with Crippen molar-refractivity contribution in [2.75, 3.05) is 39.5 Å². The van der Waals surface area contributed by atoms with Crippen LogP contribution in [0.5, 0.6) is 0 Å². The number of piperidine rings is 1. The topological polar surface area (TPSA) is 128 Å². The van der Waals surface area contributed by atoms with E-state index in [1.165, 1.54) is 19.3 Å². The molecule has 0 atom stereocenters. The van der Waals surface area contributed by atoms with Gasteiger partial charge in [-0.3, -0.25) is 14.1 Å². The Morgan fingerprint density at radius 3 is 1.89 bits per heavy atom. The highest BCUT2D eigenvalue weighted by molar-refractivity contribution is 7.86. The second-order valence-electron chi connectivity index (χ2n) is 6.04. The fraction of sp³-hybridized carbons (Fsp3) is 0.923. The van der Waals surface area contributed by atoms with Crippen LogP contribution in [0.1, 0.15) is 32.1 Å². The van der Waals surface area contributed by atoms with Gasteiger partial charge in [-0.15, -0.1) is 0 Å². The van der Waals surface area contributed by atoms with Crippen molar-refractivity contribution in [2.24, 2.45) is 4.99 Å². The maximum atomic E-state index is 10.7. The Balaban J connectivity index is 0.000000713. The molecule has 1 aliphatic rings. The van der Waals surface area contributed by atoms with Crippen LogP contribution in [0.25, 0.3) is 0 Å². The number of halogens is 3. The van der Waals surface area contributed by atoms with Crippen LogP contribution in [0.4, 0.5) is 13.2 Å². The van der Waals surface area contributed by atoms with Crippen LogP contribution in [0.2, 0.25) is 0 Å². The normalized spacial score (nSPS) is 16.6. The van der Waals surface area contributed by atoms with E-state index in [0.29, 0.717) is 19.4 Å². The molecule has 0 aromatic rings. The molecule has 0 aromatic heterocycles. The van der Waals surface area contributed by atoms with Crippen molar-refractivity contribution in [3.8, 4) is 0 Å². The molecule has 0 unspecified atom stereocenters. The molecule has 1 saturated heterocycles. The minimum atomic E-state index is -5.84. The van der Waals surface area contributed by atoms with Gasteiger partial charge in [0.1, 0.15) is 0 Å². The number of hydrogen-bond acceptors (Lipinski definition) is 5. The van der Waals surface area contributed by atoms with Crippen LogP contribution in [-0.2, 0) is 20.2 Å². The molecular weight excluding hydrogens is 415 g/mol. The maximum Gasteiger partial charge on any atom is 0.522 e. The van der Waals surface area contributed by atoms with E-state index < -0.39 is 25.7 Å². The first-order valence-corrected chi connectivity index (χ1v) is 11.2. The van der Waals surface area contributed by atoms with E-state index in [0.717, 1.165) is 19.0 Å². The van der Waals surface area contributed by atoms with Crippen LogP contribution >= 0.6 is 0 Å². The molecule has 0 amide bonds. The van der Waals surface area contributed by atoms with Crippen molar-refractivity contribution in [1.29, 1.82) is 0 Å². The van der Waals surface area contributed by atoms with Crippen LogP contribution in [0.15, 0.2) is 4.99 Å². The predicted octanol–water partition coefficient (Wildman–Crippen LogP) is 1.45. The van der Waals surface area contributed by atoms with E-state index in [1.54, 1.807) is 0 Å². The Hall–Kier alpha value is -1.12. The second-order valence-corrected chi connectivity index (χ2v) is 9.02. The molecule has 162 valence electrons. The van der Waals surface area contributed by atoms with Crippen molar-refractivity contribution in [3.63, 3.8) is 0 Å². The van der Waals surface area contributed by atoms with E-state index in [-0.39, 0.29) is 5.75 Å². The minimum absolute atomic E-state index is 0.177. The van der Waals surface area contributed by atoms with Crippen molar-refractivity contribution in [3.05, 3.63) is 0 Å². The third-order valence-corrected chi connectivity index (χ3v) is 4.78. The lowest BCUT2D eigenvalue weighted by atomic mass is 10.1. The lowest BCUT2D eigenvalue weighted by molar-refractivity contribution is -0.0510. The quantitative estimate of drug-likeness (QED) is 0.216. The number of nitrogens with zero attached hydrogens (tertiary/aromatic N) is 3. The van der Waals surface area contributed by atoms with E-state index in [9.17, 15) is 21.6 Å². The van der Waals surface area contributed by atoms with Crippen molar-refractivity contribution < 1.29 is 39.1 Å². The first-order valence-electron chi connectivity index (χ1n) is 8.11. The third-order valence-electron chi connectivity index (χ3n) is 3.40. The molecule has 14 heteroatoms. The summed E-state index contributed by atoms with van der Waals surface area (Å²) in [5, 5.41) is 0. The van der Waals surface area contributed by atoms with Gasteiger partial charge < -0.3 is 9.80 Å². The molecule has 1 heterocycles. The van der Waals surface area contributed by atoms with Crippen molar-refractivity contribution in [1.82, 2.24) is 9.80 Å². The SMILES string of the molecule is CN(C)C(=NCCCCS(=O)(=O)O)N1CCCCC1.O=S(=O)(O)C(F)(F)F. The molecule has 27 heavy (non-hydrogen) atoms. The largest absolute Gasteiger partial charge is 0.522 e. The van der Waals surface area contributed by atoms with Gasteiger partial charge in [0.2, 0.25) is 0 Å². The molecule has 0 aliphatic carbocycles. The summed E-state index contributed by atoms with van der Waals surface area (Å²) in [6.45, 7) is 2.68. The number of guanidine groups is 1. The van der Waals surface area contributed by atoms with E-state index in [4.69, 9.17) is 17.5 Å². The molecule has 0 bridgehead atoms. The van der Waals surface area contributed by atoms with Crippen LogP contribution in [0, 0.1) is 0 Å². The summed E-state index contributed by atoms with van der Waals surface area (Å²) in [5.74, 6) is 0.801. The van der Waals surface area contributed by atoms with E-state index in [1.807, 2.05) is 19.0 Å². The van der Waals surface area contributed by atoms with Gasteiger partial charge in [0.15, 0.2) is 5.96 Å². The molecule has 0 saturated carbocycles. The smallest absolute Gasteiger partial charge is 0.349 e. The first kappa shape index (κ1) is 25.9. The zero-order valence-corrected chi connectivity index (χ0v) is 16.8. The average Bonchev–Trinajstić information content (AvgIpc) is 2.49. The van der Waals surface area contributed by atoms with Gasteiger partial charge in [-0.05, 0) is 32.1 Å². The Morgan fingerprint density at radius 2 is 1.52 bits per heavy atom. The summed E-state index contributed by atoms with van der Waals surface area (Å²) in [5.41, 5.74) is -5.53. The van der Waals surface area contributed by atoms with Crippen LogP contribution in [0.3, 0.4) is 0 Å². The highest BCUT2D eigenvalue weighted by Gasteiger charge is 2.44. The lowest BCUT2D eigenvalue weighted by Gasteiger charge is -2.33. The second kappa shape index (κ2) is 11.0. The molecule has 1 aliphatic heterocycles. The van der Waals surface area contributed by atoms with Gasteiger partial charge in [-0.25, -0.2) is 0 Å². The zero-order valence-electron chi connectivity index (χ0n) is 15.2. The highest BCUT2D eigenvalue weighted by atomic mass is 32.2. The Kier molecular flexibility index (Phi) is 10.6. The van der Waals surface area contributed by atoms with Gasteiger partial charge in [0.25, 0.3) is 10.1 Å². The van der Waals surface area contributed by atoms with Crippen LogP contribution in [-0.4, -0.2) is 86.7 Å². The number of rotatable bonds is 5. The fourth-order valence-electron chi connectivity index (χ4n) is 2.19. The summed E-state index contributed by atoms with van der Waals surface area (Å²) < 4.78 is 87.4. The summed E-state index contributed by atoms with van der Waals surface area (Å²) >= 11 is 0. The van der Waals surface area contributed by atoms with Crippen LogP contribution < -0.4 is 0 Å². The fourth-order valence-corrected chi connectivity index (χ4v) is 2.76. The number of alkyl halides is 3. The number of aliphatic imine (C=N–C) groups is 1. The summed E-state index contributed by atoms with van der Waals surface area (Å²) in [4.78, 5) is 8.85. The van der Waals surface area contributed by atoms with Gasteiger partial charge in [-0.2, -0.15) is 30.0 Å². The van der Waals surface area contributed by atoms with Gasteiger partial charge in [0.05, 0.1) is 5.75 Å².